The van der Waals surface area contributed by atoms with Crippen molar-refractivity contribution in [3.63, 3.8) is 0 Å². The van der Waals surface area contributed by atoms with Gasteiger partial charge in [0.1, 0.15) is 5.69 Å². The molecule has 1 aromatic heterocycles. The second-order valence-electron chi connectivity index (χ2n) is 7.32. The van der Waals surface area contributed by atoms with Gasteiger partial charge in [0.15, 0.2) is 5.66 Å². The number of nitrogens with zero attached hydrogens (tertiary/aromatic N) is 4. The minimum Gasteiger partial charge on any atom is -0.369 e. The SMILES string of the molecule is C#CCCC1(CCNC(=O)c2ccc(C(=O)N3CCCC(C(N)=O)C3)cn2)N=N1. The first kappa shape index (κ1) is 20.5. The van der Waals surface area contributed by atoms with Gasteiger partial charge in [-0.3, -0.25) is 19.4 Å². The van der Waals surface area contributed by atoms with Gasteiger partial charge in [-0.25, -0.2) is 0 Å². The number of amides is 3. The average Bonchev–Trinajstić information content (AvgIpc) is 3.51. The Morgan fingerprint density at radius 1 is 1.31 bits per heavy atom. The smallest absolute Gasteiger partial charge is 0.269 e. The van der Waals surface area contributed by atoms with Crippen molar-refractivity contribution in [1.82, 2.24) is 15.2 Å². The molecule has 1 saturated heterocycles. The highest BCUT2D eigenvalue weighted by molar-refractivity contribution is 5.96. The van der Waals surface area contributed by atoms with Crippen LogP contribution in [-0.2, 0) is 4.79 Å². The number of carbonyl (C=O) groups is 3. The van der Waals surface area contributed by atoms with E-state index in [1.54, 1.807) is 11.0 Å². The lowest BCUT2D eigenvalue weighted by molar-refractivity contribution is -0.123. The standard InChI is InChI=1S/C20H24N6O3/c1-2-3-8-20(24-25-20)9-10-22-18(28)16-7-6-14(12-23-16)19(29)26-11-4-5-15(13-26)17(21)27/h1,6-7,12,15H,3-5,8-11,13H2,(H2,21,27)(H,22,28). The van der Waals surface area contributed by atoms with Crippen molar-refractivity contribution in [2.45, 2.75) is 37.8 Å². The van der Waals surface area contributed by atoms with Crippen LogP contribution in [-0.4, -0.2) is 52.9 Å². The van der Waals surface area contributed by atoms with E-state index in [9.17, 15) is 14.4 Å². The lowest BCUT2D eigenvalue weighted by atomic mass is 9.97. The van der Waals surface area contributed by atoms with Crippen LogP contribution in [0, 0.1) is 18.3 Å². The van der Waals surface area contributed by atoms with E-state index < -0.39 is 5.66 Å². The van der Waals surface area contributed by atoms with E-state index >= 15 is 0 Å². The number of rotatable bonds is 8. The van der Waals surface area contributed by atoms with Crippen LogP contribution >= 0.6 is 0 Å². The molecule has 0 radical (unpaired) electrons. The second kappa shape index (κ2) is 8.82. The number of hydrogen-bond donors (Lipinski definition) is 2. The van der Waals surface area contributed by atoms with Crippen LogP contribution in [0.4, 0.5) is 0 Å². The summed E-state index contributed by atoms with van der Waals surface area (Å²) in [5, 5.41) is 10.8. The van der Waals surface area contributed by atoms with E-state index in [0.29, 0.717) is 50.9 Å². The number of likely N-dealkylation sites (tertiary alicyclic amines) is 1. The van der Waals surface area contributed by atoms with Gasteiger partial charge in [-0.05, 0) is 25.0 Å². The normalized spacial score (nSPS) is 19.3. The summed E-state index contributed by atoms with van der Waals surface area (Å²) in [4.78, 5) is 42.0. The third-order valence-corrected chi connectivity index (χ3v) is 5.22. The van der Waals surface area contributed by atoms with Crippen molar-refractivity contribution in [1.29, 1.82) is 0 Å². The number of piperidine rings is 1. The number of carbonyl (C=O) groups excluding carboxylic acids is 3. The van der Waals surface area contributed by atoms with Crippen molar-refractivity contribution in [2.24, 2.45) is 21.9 Å². The molecule has 3 rings (SSSR count). The van der Waals surface area contributed by atoms with Crippen LogP contribution < -0.4 is 11.1 Å². The third-order valence-electron chi connectivity index (χ3n) is 5.22. The fourth-order valence-corrected chi connectivity index (χ4v) is 3.37. The summed E-state index contributed by atoms with van der Waals surface area (Å²) in [6.07, 6.45) is 9.93. The fourth-order valence-electron chi connectivity index (χ4n) is 3.37. The zero-order chi connectivity index (χ0) is 20.9. The van der Waals surface area contributed by atoms with Gasteiger partial charge < -0.3 is 16.0 Å². The molecule has 2 aliphatic rings. The molecule has 1 atom stereocenters. The second-order valence-corrected chi connectivity index (χ2v) is 7.32. The Balaban J connectivity index is 1.50. The van der Waals surface area contributed by atoms with Crippen molar-refractivity contribution in [2.75, 3.05) is 19.6 Å². The molecule has 2 aliphatic heterocycles. The maximum Gasteiger partial charge on any atom is 0.269 e. The van der Waals surface area contributed by atoms with Crippen LogP contribution in [0.2, 0.25) is 0 Å². The van der Waals surface area contributed by atoms with Gasteiger partial charge in [-0.15, -0.1) is 12.3 Å². The Bertz CT molecular complexity index is 852. The maximum absolute atomic E-state index is 12.6. The van der Waals surface area contributed by atoms with Crippen LogP contribution in [0.5, 0.6) is 0 Å². The number of primary amides is 1. The van der Waals surface area contributed by atoms with Crippen LogP contribution in [0.3, 0.4) is 0 Å². The lowest BCUT2D eigenvalue weighted by Gasteiger charge is -2.31. The molecule has 1 unspecified atom stereocenters. The van der Waals surface area contributed by atoms with Crippen LogP contribution in [0.15, 0.2) is 28.6 Å². The quantitative estimate of drug-likeness (QED) is 0.638. The fraction of sp³-hybridized carbons (Fsp3) is 0.500. The molecule has 3 N–H and O–H groups in total. The third kappa shape index (κ3) is 5.16. The molecule has 0 bridgehead atoms. The first-order chi connectivity index (χ1) is 13.9. The van der Waals surface area contributed by atoms with Gasteiger partial charge in [0.05, 0.1) is 11.5 Å². The monoisotopic (exact) mass is 396 g/mol. The topological polar surface area (TPSA) is 130 Å². The highest BCUT2D eigenvalue weighted by Crippen LogP contribution is 2.36. The zero-order valence-corrected chi connectivity index (χ0v) is 16.1. The molecule has 0 spiro atoms. The van der Waals surface area contributed by atoms with Gasteiger partial charge in [0.2, 0.25) is 5.91 Å². The molecular formula is C20H24N6O3. The Morgan fingerprint density at radius 3 is 2.72 bits per heavy atom. The Morgan fingerprint density at radius 2 is 2.10 bits per heavy atom. The molecule has 1 fully saturated rings. The van der Waals surface area contributed by atoms with Crippen molar-refractivity contribution in [3.8, 4) is 12.3 Å². The lowest BCUT2D eigenvalue weighted by Crippen LogP contribution is -2.44. The molecule has 9 heteroatoms. The summed E-state index contributed by atoms with van der Waals surface area (Å²) in [5.74, 6) is 1.31. The summed E-state index contributed by atoms with van der Waals surface area (Å²) in [5.41, 5.74) is 5.51. The first-order valence-electron chi connectivity index (χ1n) is 9.64. The summed E-state index contributed by atoms with van der Waals surface area (Å²) >= 11 is 0. The van der Waals surface area contributed by atoms with Crippen molar-refractivity contribution in [3.05, 3.63) is 29.6 Å². The van der Waals surface area contributed by atoms with Gasteiger partial charge in [-0.2, -0.15) is 10.2 Å². The zero-order valence-electron chi connectivity index (χ0n) is 16.1. The number of hydrogen-bond acceptors (Lipinski definition) is 6. The molecule has 29 heavy (non-hydrogen) atoms. The molecule has 0 aliphatic carbocycles. The van der Waals surface area contributed by atoms with E-state index in [4.69, 9.17) is 12.2 Å². The maximum atomic E-state index is 12.6. The molecule has 3 heterocycles. The number of pyridine rings is 1. The van der Waals surface area contributed by atoms with Crippen LogP contribution in [0.25, 0.3) is 0 Å². The van der Waals surface area contributed by atoms with E-state index in [1.807, 2.05) is 0 Å². The predicted octanol–water partition coefficient (Wildman–Crippen LogP) is 1.11. The number of terminal acetylenes is 1. The highest BCUT2D eigenvalue weighted by atomic mass is 16.2. The molecule has 152 valence electrons. The predicted molar refractivity (Wildman–Crippen MR) is 105 cm³/mol. The Kier molecular flexibility index (Phi) is 6.22. The summed E-state index contributed by atoms with van der Waals surface area (Å²) < 4.78 is 0. The number of nitrogens with two attached hydrogens (primary N) is 1. The van der Waals surface area contributed by atoms with Gasteiger partial charge in [0.25, 0.3) is 11.8 Å². The van der Waals surface area contributed by atoms with Gasteiger partial charge >= 0.3 is 0 Å². The molecule has 1 aromatic rings. The van der Waals surface area contributed by atoms with E-state index in [-0.39, 0.29) is 29.3 Å². The average molecular weight is 396 g/mol. The summed E-state index contributed by atoms with van der Waals surface area (Å²) in [6.45, 7) is 1.29. The Hall–Kier alpha value is -3.28. The van der Waals surface area contributed by atoms with Crippen LogP contribution in [0.1, 0.15) is 53.0 Å². The largest absolute Gasteiger partial charge is 0.369 e. The van der Waals surface area contributed by atoms with E-state index in [2.05, 4.69) is 26.4 Å². The van der Waals surface area contributed by atoms with Gasteiger partial charge in [-0.1, -0.05) is 0 Å². The number of aromatic nitrogens is 1. The molecule has 0 saturated carbocycles. The number of nitrogens with one attached hydrogen (secondary N) is 1. The highest BCUT2D eigenvalue weighted by Gasteiger charge is 2.38. The molecule has 3 amide bonds. The summed E-state index contributed by atoms with van der Waals surface area (Å²) in [6, 6.07) is 3.08. The molecular weight excluding hydrogens is 372 g/mol. The molecule has 9 nitrogen and oxygen atoms in total. The van der Waals surface area contributed by atoms with Crippen molar-refractivity contribution < 1.29 is 14.4 Å². The minimum absolute atomic E-state index is 0.220. The minimum atomic E-state index is -0.444. The van der Waals surface area contributed by atoms with Crippen molar-refractivity contribution >= 4 is 17.7 Å². The first-order valence-corrected chi connectivity index (χ1v) is 9.64. The summed E-state index contributed by atoms with van der Waals surface area (Å²) in [7, 11) is 0. The Labute approximate surface area is 169 Å². The van der Waals surface area contributed by atoms with E-state index in [0.717, 1.165) is 6.42 Å². The molecule has 0 aromatic carbocycles. The van der Waals surface area contributed by atoms with Gasteiger partial charge in [0, 0.05) is 45.1 Å². The van der Waals surface area contributed by atoms with E-state index in [1.165, 1.54) is 12.3 Å².